The predicted molar refractivity (Wildman–Crippen MR) is 81.1 cm³/mol. The van der Waals surface area contributed by atoms with E-state index in [0.717, 1.165) is 12.3 Å². The van der Waals surface area contributed by atoms with Crippen LogP contribution in [-0.4, -0.2) is 24.0 Å². The molecule has 1 amide bonds. The Kier molecular flexibility index (Phi) is 5.56. The van der Waals surface area contributed by atoms with Gasteiger partial charge in [-0.1, -0.05) is 18.2 Å². The van der Waals surface area contributed by atoms with Crippen molar-refractivity contribution in [1.82, 2.24) is 10.3 Å². The van der Waals surface area contributed by atoms with Crippen LogP contribution in [-0.2, 0) is 6.18 Å². The van der Waals surface area contributed by atoms with Gasteiger partial charge in [0.05, 0.1) is 5.56 Å². The number of anilines is 1. The van der Waals surface area contributed by atoms with Gasteiger partial charge >= 0.3 is 6.18 Å². The van der Waals surface area contributed by atoms with E-state index >= 15 is 0 Å². The summed E-state index contributed by atoms with van der Waals surface area (Å²) in [5.41, 5.74) is -0.192. The SMILES string of the molecule is O=C(NCCCNc1ccc(C(F)(F)F)cn1)c1ccccc1. The van der Waals surface area contributed by atoms with Gasteiger partial charge in [0.25, 0.3) is 5.91 Å². The van der Waals surface area contributed by atoms with Gasteiger partial charge in [0.1, 0.15) is 5.82 Å². The number of halogens is 3. The van der Waals surface area contributed by atoms with E-state index in [1.807, 2.05) is 6.07 Å². The second-order valence-corrected chi connectivity index (χ2v) is 4.83. The number of hydrogen-bond donors (Lipinski definition) is 2. The molecule has 1 heterocycles. The molecule has 23 heavy (non-hydrogen) atoms. The Morgan fingerprint density at radius 3 is 2.39 bits per heavy atom. The lowest BCUT2D eigenvalue weighted by atomic mass is 10.2. The molecule has 0 unspecified atom stereocenters. The summed E-state index contributed by atoms with van der Waals surface area (Å²) in [5, 5.41) is 5.67. The Morgan fingerprint density at radius 1 is 1.04 bits per heavy atom. The van der Waals surface area contributed by atoms with Crippen LogP contribution in [0.2, 0.25) is 0 Å². The first kappa shape index (κ1) is 16.8. The molecular formula is C16H16F3N3O. The molecule has 0 spiro atoms. The van der Waals surface area contributed by atoms with E-state index < -0.39 is 11.7 Å². The molecule has 2 aromatic rings. The maximum atomic E-state index is 12.4. The van der Waals surface area contributed by atoms with E-state index in [1.54, 1.807) is 24.3 Å². The lowest BCUT2D eigenvalue weighted by molar-refractivity contribution is -0.137. The van der Waals surface area contributed by atoms with E-state index in [-0.39, 0.29) is 5.91 Å². The van der Waals surface area contributed by atoms with Gasteiger partial charge in [-0.2, -0.15) is 13.2 Å². The highest BCUT2D eigenvalue weighted by atomic mass is 19.4. The Balaban J connectivity index is 1.69. The maximum Gasteiger partial charge on any atom is 0.417 e. The molecule has 1 aromatic carbocycles. The van der Waals surface area contributed by atoms with Gasteiger partial charge in [-0.25, -0.2) is 4.98 Å². The number of carbonyl (C=O) groups excluding carboxylic acids is 1. The van der Waals surface area contributed by atoms with Crippen molar-refractivity contribution in [3.63, 3.8) is 0 Å². The number of benzene rings is 1. The zero-order valence-corrected chi connectivity index (χ0v) is 12.2. The van der Waals surface area contributed by atoms with E-state index in [4.69, 9.17) is 0 Å². The van der Waals surface area contributed by atoms with Crippen molar-refractivity contribution in [1.29, 1.82) is 0 Å². The summed E-state index contributed by atoms with van der Waals surface area (Å²) in [6.45, 7) is 0.953. The maximum absolute atomic E-state index is 12.4. The van der Waals surface area contributed by atoms with Crippen LogP contribution >= 0.6 is 0 Å². The van der Waals surface area contributed by atoms with E-state index in [9.17, 15) is 18.0 Å². The lowest BCUT2D eigenvalue weighted by Gasteiger charge is -2.09. The van der Waals surface area contributed by atoms with Gasteiger partial charge in [-0.15, -0.1) is 0 Å². The molecule has 0 saturated heterocycles. The van der Waals surface area contributed by atoms with Crippen molar-refractivity contribution in [3.05, 3.63) is 59.8 Å². The minimum atomic E-state index is -4.38. The van der Waals surface area contributed by atoms with Gasteiger partial charge in [-0.3, -0.25) is 4.79 Å². The molecule has 0 atom stereocenters. The Hall–Kier alpha value is -2.57. The Morgan fingerprint density at radius 2 is 1.78 bits per heavy atom. The average Bonchev–Trinajstić information content (AvgIpc) is 2.55. The molecule has 2 N–H and O–H groups in total. The molecule has 0 bridgehead atoms. The number of nitrogens with zero attached hydrogens (tertiary/aromatic N) is 1. The largest absolute Gasteiger partial charge is 0.417 e. The third-order valence-electron chi connectivity index (χ3n) is 3.07. The van der Waals surface area contributed by atoms with Gasteiger partial charge in [-0.05, 0) is 30.7 Å². The number of hydrogen-bond acceptors (Lipinski definition) is 3. The normalized spacial score (nSPS) is 11.1. The molecule has 2 rings (SSSR count). The highest BCUT2D eigenvalue weighted by Gasteiger charge is 2.30. The average molecular weight is 323 g/mol. The van der Waals surface area contributed by atoms with Crippen molar-refractivity contribution < 1.29 is 18.0 Å². The van der Waals surface area contributed by atoms with Crippen LogP contribution < -0.4 is 10.6 Å². The third-order valence-corrected chi connectivity index (χ3v) is 3.07. The number of alkyl halides is 3. The molecule has 1 aromatic heterocycles. The van der Waals surface area contributed by atoms with Crippen molar-refractivity contribution in [2.24, 2.45) is 0 Å². The van der Waals surface area contributed by atoms with E-state index in [2.05, 4.69) is 15.6 Å². The third kappa shape index (κ3) is 5.28. The van der Waals surface area contributed by atoms with Crippen LogP contribution in [0.15, 0.2) is 48.7 Å². The van der Waals surface area contributed by atoms with Crippen LogP contribution in [0.1, 0.15) is 22.3 Å². The summed E-state index contributed by atoms with van der Waals surface area (Å²) < 4.78 is 37.2. The monoisotopic (exact) mass is 323 g/mol. The summed E-state index contributed by atoms with van der Waals surface area (Å²) in [7, 11) is 0. The van der Waals surface area contributed by atoms with Gasteiger partial charge in [0.2, 0.25) is 0 Å². The minimum absolute atomic E-state index is 0.154. The van der Waals surface area contributed by atoms with Crippen molar-refractivity contribution in [2.45, 2.75) is 12.6 Å². The lowest BCUT2D eigenvalue weighted by Crippen LogP contribution is -2.25. The molecule has 0 aliphatic rings. The van der Waals surface area contributed by atoms with Crippen LogP contribution in [0.5, 0.6) is 0 Å². The fourth-order valence-corrected chi connectivity index (χ4v) is 1.86. The molecule has 0 aliphatic heterocycles. The number of rotatable bonds is 6. The molecule has 7 heteroatoms. The van der Waals surface area contributed by atoms with Crippen LogP contribution in [0.4, 0.5) is 19.0 Å². The number of carbonyl (C=O) groups is 1. The number of nitrogens with one attached hydrogen (secondary N) is 2. The Bertz CT molecular complexity index is 627. The van der Waals surface area contributed by atoms with Crippen molar-refractivity contribution >= 4 is 11.7 Å². The number of aromatic nitrogens is 1. The quantitative estimate of drug-likeness (QED) is 0.802. The summed E-state index contributed by atoms with van der Waals surface area (Å²) in [6, 6.07) is 11.1. The smallest absolute Gasteiger partial charge is 0.370 e. The topological polar surface area (TPSA) is 54.0 Å². The fraction of sp³-hybridized carbons (Fsp3) is 0.250. The molecule has 0 saturated carbocycles. The van der Waals surface area contributed by atoms with E-state index in [0.29, 0.717) is 30.9 Å². The number of pyridine rings is 1. The van der Waals surface area contributed by atoms with Crippen LogP contribution in [0.3, 0.4) is 0 Å². The van der Waals surface area contributed by atoms with Crippen molar-refractivity contribution in [2.75, 3.05) is 18.4 Å². The molecule has 4 nitrogen and oxygen atoms in total. The summed E-state index contributed by atoms with van der Waals surface area (Å²) in [6.07, 6.45) is -2.96. The predicted octanol–water partition coefficient (Wildman–Crippen LogP) is 3.33. The van der Waals surface area contributed by atoms with Crippen LogP contribution in [0, 0.1) is 0 Å². The van der Waals surface area contributed by atoms with Gasteiger partial charge < -0.3 is 10.6 Å². The zero-order chi connectivity index (χ0) is 16.7. The zero-order valence-electron chi connectivity index (χ0n) is 12.2. The second-order valence-electron chi connectivity index (χ2n) is 4.83. The molecule has 0 radical (unpaired) electrons. The minimum Gasteiger partial charge on any atom is -0.370 e. The highest BCUT2D eigenvalue weighted by Crippen LogP contribution is 2.28. The number of amides is 1. The summed E-state index contributed by atoms with van der Waals surface area (Å²) in [5.74, 6) is 0.214. The van der Waals surface area contributed by atoms with Crippen LogP contribution in [0.25, 0.3) is 0 Å². The summed E-state index contributed by atoms with van der Waals surface area (Å²) >= 11 is 0. The van der Waals surface area contributed by atoms with Crippen molar-refractivity contribution in [3.8, 4) is 0 Å². The first-order valence-corrected chi connectivity index (χ1v) is 7.07. The molecule has 122 valence electrons. The first-order valence-electron chi connectivity index (χ1n) is 7.07. The molecule has 0 fully saturated rings. The fourth-order valence-electron chi connectivity index (χ4n) is 1.86. The van der Waals surface area contributed by atoms with Gasteiger partial charge in [0.15, 0.2) is 0 Å². The van der Waals surface area contributed by atoms with Gasteiger partial charge in [0, 0.05) is 24.8 Å². The highest BCUT2D eigenvalue weighted by molar-refractivity contribution is 5.94. The first-order chi connectivity index (χ1) is 11.0. The summed E-state index contributed by atoms with van der Waals surface area (Å²) in [4.78, 5) is 15.5. The standard InChI is InChI=1S/C16H16F3N3O/c17-16(18,19)13-7-8-14(22-11-13)20-9-4-10-21-15(23)12-5-2-1-3-6-12/h1-3,5-8,11H,4,9-10H2,(H,20,22)(H,21,23). The molecule has 0 aliphatic carbocycles. The van der Waals surface area contributed by atoms with E-state index in [1.165, 1.54) is 6.07 Å². The second kappa shape index (κ2) is 7.62. The molecular weight excluding hydrogens is 307 g/mol. The Labute approximate surface area is 131 Å².